The largest absolute Gasteiger partial charge is 0.382 e. The Morgan fingerprint density at radius 2 is 2.03 bits per heavy atom. The van der Waals surface area contributed by atoms with E-state index in [1.165, 1.54) is 6.07 Å². The highest BCUT2D eigenvalue weighted by Crippen LogP contribution is 2.22. The van der Waals surface area contributed by atoms with Crippen LogP contribution in [0.4, 0.5) is 20.6 Å². The number of rotatable bonds is 7. The normalized spacial score (nSPS) is 16.6. The summed E-state index contributed by atoms with van der Waals surface area (Å²) >= 11 is 0. The summed E-state index contributed by atoms with van der Waals surface area (Å²) in [5.74, 6) is -0.376. The van der Waals surface area contributed by atoms with E-state index in [9.17, 15) is 9.59 Å². The summed E-state index contributed by atoms with van der Waals surface area (Å²) in [6, 6.07) is 7.84. The van der Waals surface area contributed by atoms with E-state index >= 15 is 4.39 Å². The highest BCUT2D eigenvalue weighted by atomic mass is 19.1. The number of aryl methyl sites for hydroxylation is 1. The van der Waals surface area contributed by atoms with Crippen LogP contribution < -0.4 is 10.6 Å². The Kier molecular flexibility index (Phi) is 8.13. The first-order valence-electron chi connectivity index (χ1n) is 10.7. The Hall–Kier alpha value is -3.04. The minimum Gasteiger partial charge on any atom is -0.382 e. The maximum absolute atomic E-state index is 15.1. The number of halogens is 1. The van der Waals surface area contributed by atoms with Crippen molar-refractivity contribution in [3.05, 3.63) is 53.6 Å². The van der Waals surface area contributed by atoms with Crippen LogP contribution >= 0.6 is 0 Å². The third kappa shape index (κ3) is 6.02. The van der Waals surface area contributed by atoms with Crippen molar-refractivity contribution in [3.63, 3.8) is 0 Å². The van der Waals surface area contributed by atoms with Crippen molar-refractivity contribution in [3.8, 4) is 0 Å². The van der Waals surface area contributed by atoms with Crippen LogP contribution in [0.3, 0.4) is 0 Å². The fraction of sp³-hybridized carbons (Fsp3) is 0.435. The van der Waals surface area contributed by atoms with Crippen molar-refractivity contribution >= 4 is 23.3 Å². The number of hydrogen-bond donors (Lipinski definition) is 2. The standard InChI is InChI=1S/C23H30FN5O3/c1-4-21(30)29-11-10-28(14-19(29)15-32-3)13-17-6-5-7-20(22(17)24)27-23(31)26-18-9-8-16(2)25-12-18/h5-9,12,19H,4,10-11,13-15H2,1-3H3,(H2,26,27,31)/t19-/m0/s1. The molecule has 8 nitrogen and oxygen atoms in total. The molecule has 1 aromatic carbocycles. The fourth-order valence-corrected chi connectivity index (χ4v) is 3.80. The Balaban J connectivity index is 1.64. The molecule has 1 fully saturated rings. The van der Waals surface area contributed by atoms with Gasteiger partial charge in [-0.15, -0.1) is 0 Å². The van der Waals surface area contributed by atoms with E-state index in [1.54, 1.807) is 37.6 Å². The molecule has 1 aliphatic rings. The number of anilines is 2. The summed E-state index contributed by atoms with van der Waals surface area (Å²) < 4.78 is 20.4. The van der Waals surface area contributed by atoms with Gasteiger partial charge in [0.2, 0.25) is 5.91 Å². The van der Waals surface area contributed by atoms with Gasteiger partial charge in [-0.25, -0.2) is 9.18 Å². The monoisotopic (exact) mass is 443 g/mol. The van der Waals surface area contributed by atoms with Crippen LogP contribution in [0.1, 0.15) is 24.6 Å². The quantitative estimate of drug-likeness (QED) is 0.686. The second-order valence-electron chi connectivity index (χ2n) is 7.83. The number of carbonyl (C=O) groups excluding carboxylic acids is 2. The molecule has 0 spiro atoms. The number of amides is 3. The number of carbonyl (C=O) groups is 2. The number of urea groups is 1. The zero-order valence-corrected chi connectivity index (χ0v) is 18.7. The van der Waals surface area contributed by atoms with Crippen LogP contribution in [0, 0.1) is 12.7 Å². The highest BCUT2D eigenvalue weighted by molar-refractivity contribution is 5.99. The Bertz CT molecular complexity index is 938. The minimum atomic E-state index is -0.543. The average Bonchev–Trinajstić information content (AvgIpc) is 2.78. The second-order valence-corrected chi connectivity index (χ2v) is 7.83. The molecule has 9 heteroatoms. The van der Waals surface area contributed by atoms with Gasteiger partial charge in [0.15, 0.2) is 5.82 Å². The third-order valence-electron chi connectivity index (χ3n) is 5.44. The van der Waals surface area contributed by atoms with Gasteiger partial charge in [-0.1, -0.05) is 19.1 Å². The van der Waals surface area contributed by atoms with Crippen molar-refractivity contribution in [1.29, 1.82) is 0 Å². The molecule has 172 valence electrons. The number of methoxy groups -OCH3 is 1. The number of pyridine rings is 1. The van der Waals surface area contributed by atoms with E-state index in [0.29, 0.717) is 50.5 Å². The van der Waals surface area contributed by atoms with E-state index in [4.69, 9.17) is 4.74 Å². The number of ether oxygens (including phenoxy) is 1. The SMILES string of the molecule is CCC(=O)N1CCN(Cc2cccc(NC(=O)Nc3ccc(C)nc3)c2F)C[C@H]1COC. The van der Waals surface area contributed by atoms with E-state index in [1.807, 2.05) is 18.7 Å². The van der Waals surface area contributed by atoms with Crippen molar-refractivity contribution in [2.24, 2.45) is 0 Å². The van der Waals surface area contributed by atoms with Gasteiger partial charge in [0.25, 0.3) is 0 Å². The number of piperazine rings is 1. The van der Waals surface area contributed by atoms with Crippen molar-refractivity contribution in [2.75, 3.05) is 44.0 Å². The fourth-order valence-electron chi connectivity index (χ4n) is 3.80. The van der Waals surface area contributed by atoms with E-state index < -0.39 is 11.8 Å². The highest BCUT2D eigenvalue weighted by Gasteiger charge is 2.30. The molecule has 2 heterocycles. The maximum atomic E-state index is 15.1. The van der Waals surface area contributed by atoms with Crippen molar-refractivity contribution in [2.45, 2.75) is 32.9 Å². The van der Waals surface area contributed by atoms with Gasteiger partial charge >= 0.3 is 6.03 Å². The summed E-state index contributed by atoms with van der Waals surface area (Å²) in [7, 11) is 1.61. The van der Waals surface area contributed by atoms with Gasteiger partial charge < -0.3 is 20.3 Å². The molecule has 1 aromatic heterocycles. The summed E-state index contributed by atoms with van der Waals surface area (Å²) in [5.41, 5.74) is 1.94. The van der Waals surface area contributed by atoms with Crippen LogP contribution in [-0.4, -0.2) is 66.1 Å². The molecule has 1 atom stereocenters. The molecule has 2 aromatic rings. The van der Waals surface area contributed by atoms with Crippen molar-refractivity contribution < 1.29 is 18.7 Å². The molecule has 3 amide bonds. The predicted molar refractivity (Wildman–Crippen MR) is 121 cm³/mol. The molecule has 2 N–H and O–H groups in total. The first-order chi connectivity index (χ1) is 15.4. The van der Waals surface area contributed by atoms with Gasteiger partial charge in [-0.3, -0.25) is 14.7 Å². The Morgan fingerprint density at radius 3 is 2.72 bits per heavy atom. The zero-order chi connectivity index (χ0) is 23.1. The minimum absolute atomic E-state index is 0.0699. The lowest BCUT2D eigenvalue weighted by Gasteiger charge is -2.41. The Morgan fingerprint density at radius 1 is 1.22 bits per heavy atom. The number of hydrogen-bond acceptors (Lipinski definition) is 5. The van der Waals surface area contributed by atoms with Crippen LogP contribution in [0.2, 0.25) is 0 Å². The molecule has 1 saturated heterocycles. The lowest BCUT2D eigenvalue weighted by atomic mass is 10.1. The molecule has 1 aliphatic heterocycles. The van der Waals surface area contributed by atoms with Crippen LogP contribution in [-0.2, 0) is 16.1 Å². The third-order valence-corrected chi connectivity index (χ3v) is 5.44. The van der Waals surface area contributed by atoms with Gasteiger partial charge in [0.05, 0.1) is 30.2 Å². The molecule has 3 rings (SSSR count). The van der Waals surface area contributed by atoms with Gasteiger partial charge in [0.1, 0.15) is 0 Å². The summed E-state index contributed by atoms with van der Waals surface area (Å²) in [4.78, 5) is 32.6. The maximum Gasteiger partial charge on any atom is 0.323 e. The second kappa shape index (κ2) is 11.0. The number of aromatic nitrogens is 1. The molecule has 0 bridgehead atoms. The lowest BCUT2D eigenvalue weighted by Crippen LogP contribution is -2.56. The molecule has 0 unspecified atom stereocenters. The zero-order valence-electron chi connectivity index (χ0n) is 18.7. The molecular formula is C23H30FN5O3. The van der Waals surface area contributed by atoms with Gasteiger partial charge in [-0.05, 0) is 25.1 Å². The number of nitrogens with zero attached hydrogens (tertiary/aromatic N) is 3. The van der Waals surface area contributed by atoms with Gasteiger partial charge in [-0.2, -0.15) is 0 Å². The first-order valence-corrected chi connectivity index (χ1v) is 10.7. The summed E-state index contributed by atoms with van der Waals surface area (Å²) in [6.07, 6.45) is 1.99. The lowest BCUT2D eigenvalue weighted by molar-refractivity contribution is -0.137. The summed E-state index contributed by atoms with van der Waals surface area (Å²) in [6.45, 7) is 6.32. The first kappa shape index (κ1) is 23.6. The molecule has 0 aliphatic carbocycles. The van der Waals surface area contributed by atoms with Crippen molar-refractivity contribution in [1.82, 2.24) is 14.8 Å². The molecule has 0 saturated carbocycles. The topological polar surface area (TPSA) is 86.8 Å². The average molecular weight is 444 g/mol. The number of benzene rings is 1. The van der Waals surface area contributed by atoms with Gasteiger partial charge in [0, 0.05) is 51.0 Å². The van der Waals surface area contributed by atoms with E-state index in [0.717, 1.165) is 5.69 Å². The van der Waals surface area contributed by atoms with E-state index in [-0.39, 0.29) is 17.6 Å². The van der Waals surface area contributed by atoms with E-state index in [2.05, 4.69) is 20.5 Å². The number of nitrogens with one attached hydrogen (secondary N) is 2. The molecule has 32 heavy (non-hydrogen) atoms. The van der Waals surface area contributed by atoms with Crippen LogP contribution in [0.5, 0.6) is 0 Å². The summed E-state index contributed by atoms with van der Waals surface area (Å²) in [5, 5.41) is 5.21. The predicted octanol–water partition coefficient (Wildman–Crippen LogP) is 3.24. The van der Waals surface area contributed by atoms with Crippen LogP contribution in [0.15, 0.2) is 36.5 Å². The Labute approximate surface area is 187 Å². The smallest absolute Gasteiger partial charge is 0.323 e. The van der Waals surface area contributed by atoms with Crippen LogP contribution in [0.25, 0.3) is 0 Å². The molecule has 0 radical (unpaired) electrons. The molecular weight excluding hydrogens is 413 g/mol.